The van der Waals surface area contributed by atoms with Crippen LogP contribution in [0.1, 0.15) is 0 Å². The van der Waals surface area contributed by atoms with E-state index in [-0.39, 0.29) is 0 Å². The van der Waals surface area contributed by atoms with E-state index in [0.29, 0.717) is 43.0 Å². The molecule has 0 radical (unpaired) electrons. The van der Waals surface area contributed by atoms with Crippen LogP contribution in [0.2, 0.25) is 5.02 Å². The number of benzene rings is 2. The van der Waals surface area contributed by atoms with Crippen LogP contribution >= 0.6 is 31.2 Å². The van der Waals surface area contributed by atoms with E-state index in [9.17, 15) is 0 Å². The number of morpholine rings is 2. The lowest BCUT2D eigenvalue weighted by molar-refractivity contribution is 0.0579. The average molecular weight is 479 g/mol. The number of rotatable bonds is 6. The maximum Gasteiger partial charge on any atom is 0.133 e. The molecule has 0 bridgehead atoms. The first kappa shape index (κ1) is 22.9. The number of hydrogen-bond donors (Lipinski definition) is 1. The topological polar surface area (TPSA) is 49.3 Å². The molecule has 2 aliphatic heterocycles. The summed E-state index contributed by atoms with van der Waals surface area (Å²) in [6.07, 6.45) is 0. The van der Waals surface area contributed by atoms with E-state index in [4.69, 9.17) is 38.0 Å². The molecule has 4 rings (SSSR count). The Balaban J connectivity index is 1.70. The Morgan fingerprint density at radius 3 is 2.00 bits per heavy atom. The predicted molar refractivity (Wildman–Crippen MR) is 133 cm³/mol. The van der Waals surface area contributed by atoms with Crippen molar-refractivity contribution in [2.45, 2.75) is 0 Å². The van der Waals surface area contributed by atoms with Gasteiger partial charge in [-0.1, -0.05) is 54.2 Å². The van der Waals surface area contributed by atoms with E-state index in [1.807, 2.05) is 24.3 Å². The minimum Gasteiger partial charge on any atom is -0.379 e. The lowest BCUT2D eigenvalue weighted by atomic mass is 10.3. The Bertz CT molecular complexity index is 895. The Labute approximate surface area is 194 Å². The molecular formula is C22H28ClN4O2PS. The minimum absolute atomic E-state index is 0.500. The zero-order chi connectivity index (χ0) is 21.5. The van der Waals surface area contributed by atoms with Gasteiger partial charge in [0, 0.05) is 42.2 Å². The normalized spacial score (nSPS) is 18.5. The molecule has 0 atom stereocenters. The van der Waals surface area contributed by atoms with Crippen LogP contribution in [0, 0.1) is 0 Å². The van der Waals surface area contributed by atoms with Gasteiger partial charge in [-0.15, -0.1) is 0 Å². The van der Waals surface area contributed by atoms with Gasteiger partial charge in [-0.2, -0.15) is 0 Å². The Hall–Kier alpha value is -1.31. The summed E-state index contributed by atoms with van der Waals surface area (Å²) in [5.41, 5.74) is 0.975. The van der Waals surface area contributed by atoms with Crippen LogP contribution in [-0.4, -0.2) is 73.5 Å². The van der Waals surface area contributed by atoms with Crippen molar-refractivity contribution in [2.24, 2.45) is 4.74 Å². The van der Waals surface area contributed by atoms with Gasteiger partial charge >= 0.3 is 0 Å². The molecule has 2 aromatic carbocycles. The summed E-state index contributed by atoms with van der Waals surface area (Å²) >= 11 is 11.8. The Morgan fingerprint density at radius 1 is 0.903 bits per heavy atom. The molecule has 2 aromatic rings. The zero-order valence-corrected chi connectivity index (χ0v) is 19.9. The molecule has 2 heterocycles. The number of thiocarbonyl (C=S) groups is 1. The molecular weight excluding hydrogens is 451 g/mol. The fraction of sp³-hybridized carbons (Fsp3) is 0.409. The third kappa shape index (κ3) is 5.55. The first-order valence-electron chi connectivity index (χ1n) is 10.5. The summed E-state index contributed by atoms with van der Waals surface area (Å²) in [4.78, 5) is 0.671. The second kappa shape index (κ2) is 11.0. The van der Waals surface area contributed by atoms with Crippen LogP contribution in [-0.2, 0) is 9.47 Å². The van der Waals surface area contributed by atoms with Gasteiger partial charge in [0.2, 0.25) is 0 Å². The molecule has 2 saturated heterocycles. The smallest absolute Gasteiger partial charge is 0.133 e. The third-order valence-corrected chi connectivity index (χ3v) is 9.92. The molecule has 2 fully saturated rings. The van der Waals surface area contributed by atoms with Crippen molar-refractivity contribution in [3.63, 3.8) is 0 Å². The summed E-state index contributed by atoms with van der Waals surface area (Å²) in [6, 6.07) is 18.3. The molecule has 0 aromatic heterocycles. The first-order chi connectivity index (χ1) is 15.2. The van der Waals surface area contributed by atoms with E-state index in [0.717, 1.165) is 31.9 Å². The molecule has 0 spiro atoms. The van der Waals surface area contributed by atoms with Crippen LogP contribution in [0.4, 0.5) is 5.69 Å². The molecule has 166 valence electrons. The lowest BCUT2D eigenvalue weighted by Gasteiger charge is -2.46. The van der Waals surface area contributed by atoms with Crippen LogP contribution < -0.4 is 10.6 Å². The second-order valence-electron chi connectivity index (χ2n) is 7.39. The van der Waals surface area contributed by atoms with E-state index < -0.39 is 7.36 Å². The second-order valence-corrected chi connectivity index (χ2v) is 11.3. The number of halogens is 1. The molecule has 9 heteroatoms. The quantitative estimate of drug-likeness (QED) is 0.498. The van der Waals surface area contributed by atoms with Crippen molar-refractivity contribution in [3.05, 3.63) is 59.6 Å². The van der Waals surface area contributed by atoms with Crippen LogP contribution in [0.3, 0.4) is 0 Å². The molecule has 2 aliphatic rings. The molecule has 0 saturated carbocycles. The average Bonchev–Trinajstić information content (AvgIpc) is 2.84. The molecule has 6 nitrogen and oxygen atoms in total. The van der Waals surface area contributed by atoms with Crippen LogP contribution in [0.25, 0.3) is 0 Å². The Morgan fingerprint density at radius 2 is 1.45 bits per heavy atom. The standard InChI is InChI=1S/C22H28ClN4O2PS/c23-19-6-8-20(9-7-19)24-18-22(31)25-30(21-4-2-1-3-5-21,26-10-14-28-15-11-26)27-12-16-29-17-13-27/h1-9,24H,10-18H2. The largest absolute Gasteiger partial charge is 0.379 e. The van der Waals surface area contributed by atoms with Gasteiger partial charge in [0.1, 0.15) is 12.3 Å². The highest BCUT2D eigenvalue weighted by Gasteiger charge is 2.38. The number of nitrogens with one attached hydrogen (secondary N) is 1. The van der Waals surface area contributed by atoms with Crippen LogP contribution in [0.5, 0.6) is 0 Å². The van der Waals surface area contributed by atoms with Gasteiger partial charge in [0.25, 0.3) is 0 Å². The number of hydrogen-bond acceptors (Lipinski definition) is 4. The number of ether oxygens (including phenoxy) is 2. The van der Waals surface area contributed by atoms with Crippen molar-refractivity contribution in [1.82, 2.24) is 9.34 Å². The maximum atomic E-state index is 6.00. The zero-order valence-electron chi connectivity index (χ0n) is 17.5. The highest BCUT2D eigenvalue weighted by Crippen LogP contribution is 2.56. The van der Waals surface area contributed by atoms with E-state index in [1.165, 1.54) is 5.30 Å². The molecule has 1 N–H and O–H groups in total. The summed E-state index contributed by atoms with van der Waals surface area (Å²) in [5.74, 6) is 0. The van der Waals surface area contributed by atoms with E-state index in [1.54, 1.807) is 0 Å². The first-order valence-corrected chi connectivity index (χ1v) is 13.0. The fourth-order valence-electron chi connectivity index (χ4n) is 3.92. The van der Waals surface area contributed by atoms with Gasteiger partial charge in [0.05, 0.1) is 33.0 Å². The minimum atomic E-state index is -2.26. The van der Waals surface area contributed by atoms with Gasteiger partial charge in [-0.25, -0.2) is 14.1 Å². The summed E-state index contributed by atoms with van der Waals surface area (Å²) in [6.45, 7) is 6.73. The van der Waals surface area contributed by atoms with Crippen molar-refractivity contribution in [2.75, 3.05) is 64.5 Å². The monoisotopic (exact) mass is 478 g/mol. The highest BCUT2D eigenvalue weighted by molar-refractivity contribution is 7.81. The SMILES string of the molecule is S=C(CNc1ccc(Cl)cc1)N=P(c1ccccc1)(N1CCOCC1)N1CCOCC1. The molecule has 0 amide bonds. The maximum absolute atomic E-state index is 6.00. The molecule has 31 heavy (non-hydrogen) atoms. The summed E-state index contributed by atoms with van der Waals surface area (Å²) < 4.78 is 21.7. The van der Waals surface area contributed by atoms with E-state index in [2.05, 4.69) is 45.0 Å². The van der Waals surface area contributed by atoms with Gasteiger partial charge in [-0.3, -0.25) is 0 Å². The third-order valence-electron chi connectivity index (χ3n) is 5.41. The number of nitrogens with zero attached hydrogens (tertiary/aromatic N) is 3. The lowest BCUT2D eigenvalue weighted by Crippen LogP contribution is -2.46. The van der Waals surface area contributed by atoms with E-state index >= 15 is 0 Å². The Kier molecular flexibility index (Phi) is 8.13. The summed E-state index contributed by atoms with van der Waals surface area (Å²) in [7, 11) is -2.26. The van der Waals surface area contributed by atoms with Gasteiger partial charge in [0.15, 0.2) is 0 Å². The molecule has 0 unspecified atom stereocenters. The number of anilines is 1. The van der Waals surface area contributed by atoms with Gasteiger partial charge in [-0.05, 0) is 24.3 Å². The van der Waals surface area contributed by atoms with Crippen molar-refractivity contribution >= 4 is 47.2 Å². The highest BCUT2D eigenvalue weighted by atomic mass is 35.5. The van der Waals surface area contributed by atoms with Crippen molar-refractivity contribution < 1.29 is 9.47 Å². The molecule has 0 aliphatic carbocycles. The van der Waals surface area contributed by atoms with Crippen molar-refractivity contribution in [1.29, 1.82) is 0 Å². The van der Waals surface area contributed by atoms with Gasteiger partial charge < -0.3 is 14.8 Å². The predicted octanol–water partition coefficient (Wildman–Crippen LogP) is 4.10. The fourth-order valence-corrected chi connectivity index (χ4v) is 8.23. The summed E-state index contributed by atoms with van der Waals surface area (Å²) in [5, 5.41) is 5.33. The van der Waals surface area contributed by atoms with Crippen molar-refractivity contribution in [3.8, 4) is 0 Å². The van der Waals surface area contributed by atoms with Crippen LogP contribution in [0.15, 0.2) is 59.3 Å².